The van der Waals surface area contributed by atoms with Gasteiger partial charge in [-0.1, -0.05) is 30.4 Å². The van der Waals surface area contributed by atoms with Crippen LogP contribution in [0.2, 0.25) is 0 Å². The van der Waals surface area contributed by atoms with Crippen molar-refractivity contribution in [1.29, 1.82) is 0 Å². The van der Waals surface area contributed by atoms with Crippen LogP contribution in [0, 0.1) is 12.7 Å². The second-order valence-corrected chi connectivity index (χ2v) is 5.41. The molecular weight excluding hydrogens is 239 g/mol. The lowest BCUT2D eigenvalue weighted by Crippen LogP contribution is -2.33. The standard InChI is InChI=1S/C17H19FO/c1-5-14-10-17(13(4)19,9-11(14)2)15-7-6-8-16(18)12(15)3/h5-8H,1,9-10H2,2-4H3/t17-/m1/s1. The first-order valence-electron chi connectivity index (χ1n) is 6.50. The fraction of sp³-hybridized carbons (Fsp3) is 0.353. The van der Waals surface area contributed by atoms with Gasteiger partial charge in [-0.3, -0.25) is 4.79 Å². The second kappa shape index (κ2) is 4.76. The highest BCUT2D eigenvalue weighted by atomic mass is 19.1. The van der Waals surface area contributed by atoms with Gasteiger partial charge >= 0.3 is 0 Å². The van der Waals surface area contributed by atoms with Gasteiger partial charge in [-0.15, -0.1) is 0 Å². The maximum atomic E-state index is 13.8. The van der Waals surface area contributed by atoms with Crippen molar-refractivity contribution in [3.05, 3.63) is 58.9 Å². The van der Waals surface area contributed by atoms with Gasteiger partial charge in [0.25, 0.3) is 0 Å². The fourth-order valence-electron chi connectivity index (χ4n) is 3.11. The third-order valence-corrected chi connectivity index (χ3v) is 4.31. The first kappa shape index (κ1) is 13.7. The van der Waals surface area contributed by atoms with Crippen molar-refractivity contribution in [2.75, 3.05) is 0 Å². The van der Waals surface area contributed by atoms with Crippen molar-refractivity contribution in [3.8, 4) is 0 Å². The second-order valence-electron chi connectivity index (χ2n) is 5.41. The maximum Gasteiger partial charge on any atom is 0.141 e. The zero-order valence-corrected chi connectivity index (χ0v) is 11.7. The molecule has 1 aliphatic rings. The summed E-state index contributed by atoms with van der Waals surface area (Å²) in [6, 6.07) is 5.00. The number of hydrogen-bond acceptors (Lipinski definition) is 1. The molecule has 0 spiro atoms. The highest BCUT2D eigenvalue weighted by Crippen LogP contribution is 2.46. The maximum absolute atomic E-state index is 13.8. The van der Waals surface area contributed by atoms with Crippen LogP contribution in [0.1, 0.15) is 37.8 Å². The Balaban J connectivity index is 2.58. The molecule has 0 saturated heterocycles. The monoisotopic (exact) mass is 258 g/mol. The van der Waals surface area contributed by atoms with E-state index in [2.05, 4.69) is 6.58 Å². The minimum Gasteiger partial charge on any atom is -0.299 e. The van der Waals surface area contributed by atoms with Crippen LogP contribution in [0.4, 0.5) is 4.39 Å². The van der Waals surface area contributed by atoms with E-state index in [0.29, 0.717) is 18.4 Å². The summed E-state index contributed by atoms with van der Waals surface area (Å²) in [5, 5.41) is 0. The van der Waals surface area contributed by atoms with E-state index < -0.39 is 5.41 Å². The summed E-state index contributed by atoms with van der Waals surface area (Å²) >= 11 is 0. The lowest BCUT2D eigenvalue weighted by molar-refractivity contribution is -0.122. The number of rotatable bonds is 3. The Morgan fingerprint density at radius 2 is 2.05 bits per heavy atom. The molecule has 0 radical (unpaired) electrons. The third-order valence-electron chi connectivity index (χ3n) is 4.31. The predicted molar refractivity (Wildman–Crippen MR) is 75.6 cm³/mol. The molecule has 1 atom stereocenters. The van der Waals surface area contributed by atoms with Crippen molar-refractivity contribution in [2.24, 2.45) is 0 Å². The normalized spacial score (nSPS) is 22.7. The van der Waals surface area contributed by atoms with Crippen LogP contribution in [-0.4, -0.2) is 5.78 Å². The van der Waals surface area contributed by atoms with Crippen LogP contribution >= 0.6 is 0 Å². The van der Waals surface area contributed by atoms with E-state index in [0.717, 1.165) is 11.1 Å². The Bertz CT molecular complexity index is 583. The van der Waals surface area contributed by atoms with Crippen LogP contribution in [0.3, 0.4) is 0 Å². The van der Waals surface area contributed by atoms with E-state index in [1.54, 1.807) is 19.9 Å². The molecule has 0 heterocycles. The van der Waals surface area contributed by atoms with Crippen molar-refractivity contribution in [3.63, 3.8) is 0 Å². The molecule has 0 bridgehead atoms. The van der Waals surface area contributed by atoms with Gasteiger partial charge in [-0.05, 0) is 56.4 Å². The molecule has 0 unspecified atom stereocenters. The molecule has 0 N–H and O–H groups in total. The Labute approximate surface area is 113 Å². The number of Topliss-reactive ketones (excluding diaryl/α,β-unsaturated/α-hetero) is 1. The molecule has 0 fully saturated rings. The van der Waals surface area contributed by atoms with Gasteiger partial charge in [0.05, 0.1) is 5.41 Å². The lowest BCUT2D eigenvalue weighted by Gasteiger charge is -2.29. The molecule has 1 aromatic carbocycles. The van der Waals surface area contributed by atoms with Crippen molar-refractivity contribution < 1.29 is 9.18 Å². The highest BCUT2D eigenvalue weighted by molar-refractivity contribution is 5.90. The van der Waals surface area contributed by atoms with E-state index in [-0.39, 0.29) is 11.6 Å². The summed E-state index contributed by atoms with van der Waals surface area (Å²) in [6.45, 7) is 9.18. The minimum absolute atomic E-state index is 0.0948. The van der Waals surface area contributed by atoms with Gasteiger partial charge in [-0.2, -0.15) is 0 Å². The molecule has 1 aromatic rings. The molecule has 0 aromatic heterocycles. The topological polar surface area (TPSA) is 17.1 Å². The highest BCUT2D eigenvalue weighted by Gasteiger charge is 2.43. The molecule has 0 amide bonds. The largest absolute Gasteiger partial charge is 0.299 e. The van der Waals surface area contributed by atoms with Crippen molar-refractivity contribution in [1.82, 2.24) is 0 Å². The summed E-state index contributed by atoms with van der Waals surface area (Å²) in [7, 11) is 0. The summed E-state index contributed by atoms with van der Waals surface area (Å²) < 4.78 is 13.8. The van der Waals surface area contributed by atoms with E-state index >= 15 is 0 Å². The molecule has 100 valence electrons. The Kier molecular flexibility index (Phi) is 3.44. The lowest BCUT2D eigenvalue weighted by atomic mass is 9.72. The van der Waals surface area contributed by atoms with E-state index in [1.165, 1.54) is 11.6 Å². The Morgan fingerprint density at radius 3 is 2.58 bits per heavy atom. The number of ketones is 1. The van der Waals surface area contributed by atoms with E-state index in [4.69, 9.17) is 0 Å². The summed E-state index contributed by atoms with van der Waals surface area (Å²) in [5.41, 5.74) is 3.07. The van der Waals surface area contributed by atoms with E-state index in [1.807, 2.05) is 19.1 Å². The molecule has 0 aliphatic heterocycles. The van der Waals surface area contributed by atoms with Gasteiger partial charge in [0, 0.05) is 0 Å². The van der Waals surface area contributed by atoms with Crippen molar-refractivity contribution in [2.45, 2.75) is 39.0 Å². The van der Waals surface area contributed by atoms with Gasteiger partial charge < -0.3 is 0 Å². The van der Waals surface area contributed by atoms with Crippen LogP contribution in [0.25, 0.3) is 0 Å². The van der Waals surface area contributed by atoms with Gasteiger partial charge in [0.2, 0.25) is 0 Å². The fourth-order valence-corrected chi connectivity index (χ4v) is 3.11. The first-order valence-corrected chi connectivity index (χ1v) is 6.50. The SMILES string of the molecule is C=CC1=C(C)C[C@@](C(C)=O)(c2cccc(F)c2C)C1. The van der Waals surface area contributed by atoms with E-state index in [9.17, 15) is 9.18 Å². The van der Waals surface area contributed by atoms with Gasteiger partial charge in [-0.25, -0.2) is 4.39 Å². The molecule has 1 aliphatic carbocycles. The molecule has 0 saturated carbocycles. The predicted octanol–water partition coefficient (Wildman–Crippen LogP) is 4.26. The molecule has 19 heavy (non-hydrogen) atoms. The zero-order chi connectivity index (χ0) is 14.2. The number of halogens is 1. The number of hydrogen-bond donors (Lipinski definition) is 0. The number of allylic oxidation sites excluding steroid dienone is 3. The van der Waals surface area contributed by atoms with Crippen LogP contribution in [0.5, 0.6) is 0 Å². The minimum atomic E-state index is -0.611. The van der Waals surface area contributed by atoms with Crippen LogP contribution in [0.15, 0.2) is 42.0 Å². The smallest absolute Gasteiger partial charge is 0.141 e. The Hall–Kier alpha value is -1.70. The number of benzene rings is 1. The third kappa shape index (κ3) is 2.05. The molecule has 2 rings (SSSR count). The Morgan fingerprint density at radius 1 is 1.37 bits per heavy atom. The average Bonchev–Trinajstić information content (AvgIpc) is 2.71. The van der Waals surface area contributed by atoms with Crippen molar-refractivity contribution >= 4 is 5.78 Å². The van der Waals surface area contributed by atoms with Gasteiger partial charge in [0.1, 0.15) is 11.6 Å². The molecule has 2 heteroatoms. The summed E-state index contributed by atoms with van der Waals surface area (Å²) in [6.07, 6.45) is 3.10. The van der Waals surface area contributed by atoms with Crippen LogP contribution < -0.4 is 0 Å². The average molecular weight is 258 g/mol. The summed E-state index contributed by atoms with van der Waals surface area (Å²) in [4.78, 5) is 12.3. The number of carbonyl (C=O) groups is 1. The van der Waals surface area contributed by atoms with Gasteiger partial charge in [0.15, 0.2) is 0 Å². The molecular formula is C17H19FO. The number of carbonyl (C=O) groups excluding carboxylic acids is 1. The molecule has 1 nitrogen and oxygen atoms in total. The summed E-state index contributed by atoms with van der Waals surface area (Å²) in [5.74, 6) is -0.153. The van der Waals surface area contributed by atoms with Crippen LogP contribution in [-0.2, 0) is 10.2 Å². The first-order chi connectivity index (χ1) is 8.92. The quantitative estimate of drug-likeness (QED) is 0.791. The zero-order valence-electron chi connectivity index (χ0n) is 11.7.